The predicted octanol–water partition coefficient (Wildman–Crippen LogP) is 2.06. The van der Waals surface area contributed by atoms with Crippen molar-refractivity contribution < 1.29 is 0 Å². The number of hydrogen-bond donors (Lipinski definition) is 1. The second-order valence-electron chi connectivity index (χ2n) is 3.63. The minimum Gasteiger partial charge on any atom is -0.353 e. The minimum atomic E-state index is 0.361. The zero-order valence-electron chi connectivity index (χ0n) is 9.21. The molecule has 0 aliphatic heterocycles. The predicted molar refractivity (Wildman–Crippen MR) is 63.4 cm³/mol. The molecule has 2 rings (SSSR count). The molecule has 0 bridgehead atoms. The SMILES string of the molecule is CC(C)c1nsc(NCc2ncccn2)n1. The normalized spacial score (nSPS) is 10.7. The summed E-state index contributed by atoms with van der Waals surface area (Å²) in [5.74, 6) is 1.99. The van der Waals surface area contributed by atoms with E-state index in [0.717, 1.165) is 16.8 Å². The average molecular weight is 235 g/mol. The lowest BCUT2D eigenvalue weighted by atomic mass is 10.2. The van der Waals surface area contributed by atoms with Gasteiger partial charge in [0, 0.05) is 29.8 Å². The van der Waals surface area contributed by atoms with Crippen LogP contribution in [0.3, 0.4) is 0 Å². The van der Waals surface area contributed by atoms with Crippen LogP contribution in [-0.4, -0.2) is 19.3 Å². The molecule has 1 N–H and O–H groups in total. The summed E-state index contributed by atoms with van der Waals surface area (Å²) in [5, 5.41) is 3.97. The molecule has 0 amide bonds. The molecule has 0 atom stereocenters. The van der Waals surface area contributed by atoms with Crippen molar-refractivity contribution in [2.75, 3.05) is 5.32 Å². The number of nitrogens with zero attached hydrogens (tertiary/aromatic N) is 4. The van der Waals surface area contributed by atoms with Gasteiger partial charge in [-0.2, -0.15) is 4.37 Å². The first-order valence-corrected chi connectivity index (χ1v) is 5.86. The van der Waals surface area contributed by atoms with Crippen molar-refractivity contribution in [3.05, 3.63) is 30.1 Å². The number of hydrogen-bond acceptors (Lipinski definition) is 6. The molecule has 0 saturated heterocycles. The Morgan fingerprint density at radius 3 is 2.69 bits per heavy atom. The third-order valence-electron chi connectivity index (χ3n) is 1.98. The number of anilines is 1. The molecule has 6 heteroatoms. The summed E-state index contributed by atoms with van der Waals surface area (Å²) >= 11 is 1.37. The summed E-state index contributed by atoms with van der Waals surface area (Å²) in [6.45, 7) is 4.73. The molecule has 0 aliphatic carbocycles. The van der Waals surface area contributed by atoms with E-state index < -0.39 is 0 Å². The first-order valence-electron chi connectivity index (χ1n) is 5.09. The Morgan fingerprint density at radius 1 is 1.31 bits per heavy atom. The van der Waals surface area contributed by atoms with Gasteiger partial charge in [0.05, 0.1) is 6.54 Å². The lowest BCUT2D eigenvalue weighted by Gasteiger charge is -1.99. The fraction of sp³-hybridized carbons (Fsp3) is 0.400. The molecule has 16 heavy (non-hydrogen) atoms. The second-order valence-corrected chi connectivity index (χ2v) is 4.38. The smallest absolute Gasteiger partial charge is 0.202 e. The molecule has 2 aromatic rings. The molecular weight excluding hydrogens is 222 g/mol. The third-order valence-corrected chi connectivity index (χ3v) is 2.66. The molecule has 84 valence electrons. The van der Waals surface area contributed by atoms with Crippen LogP contribution in [0.25, 0.3) is 0 Å². The van der Waals surface area contributed by atoms with Crippen molar-refractivity contribution >= 4 is 16.7 Å². The zero-order chi connectivity index (χ0) is 11.4. The molecule has 0 unspecified atom stereocenters. The Labute approximate surface area is 98.2 Å². The summed E-state index contributed by atoms with van der Waals surface area (Å²) in [4.78, 5) is 12.6. The Balaban J connectivity index is 1.95. The number of aromatic nitrogens is 4. The standard InChI is InChI=1S/C10H13N5S/c1-7(2)9-14-10(16-15-9)13-6-8-11-4-3-5-12-8/h3-5,7H,6H2,1-2H3,(H,13,14,15). The Kier molecular flexibility index (Phi) is 3.40. The van der Waals surface area contributed by atoms with Crippen LogP contribution in [0.5, 0.6) is 0 Å². The van der Waals surface area contributed by atoms with Crippen LogP contribution >= 0.6 is 11.5 Å². The number of rotatable bonds is 4. The maximum atomic E-state index is 4.37. The van der Waals surface area contributed by atoms with Crippen molar-refractivity contribution in [2.24, 2.45) is 0 Å². The molecule has 2 aromatic heterocycles. The van der Waals surface area contributed by atoms with Crippen LogP contribution in [-0.2, 0) is 6.54 Å². The van der Waals surface area contributed by atoms with Gasteiger partial charge in [-0.25, -0.2) is 15.0 Å². The summed E-state index contributed by atoms with van der Waals surface area (Å²) in [6.07, 6.45) is 3.45. The summed E-state index contributed by atoms with van der Waals surface area (Å²) in [6, 6.07) is 1.80. The van der Waals surface area contributed by atoms with Crippen LogP contribution in [0.2, 0.25) is 0 Å². The molecule has 5 nitrogen and oxygen atoms in total. The van der Waals surface area contributed by atoms with E-state index in [9.17, 15) is 0 Å². The van der Waals surface area contributed by atoms with Crippen LogP contribution in [0.15, 0.2) is 18.5 Å². The summed E-state index contributed by atoms with van der Waals surface area (Å²) in [5.41, 5.74) is 0. The molecule has 0 spiro atoms. The fourth-order valence-electron chi connectivity index (χ4n) is 1.12. The van der Waals surface area contributed by atoms with E-state index in [1.165, 1.54) is 11.5 Å². The van der Waals surface area contributed by atoms with Crippen molar-refractivity contribution in [3.63, 3.8) is 0 Å². The van der Waals surface area contributed by atoms with E-state index in [0.29, 0.717) is 12.5 Å². The van der Waals surface area contributed by atoms with Gasteiger partial charge in [-0.1, -0.05) is 13.8 Å². The Bertz CT molecular complexity index is 439. The van der Waals surface area contributed by atoms with Crippen molar-refractivity contribution in [1.29, 1.82) is 0 Å². The van der Waals surface area contributed by atoms with E-state index in [4.69, 9.17) is 0 Å². The van der Waals surface area contributed by atoms with Crippen molar-refractivity contribution in [3.8, 4) is 0 Å². The zero-order valence-corrected chi connectivity index (χ0v) is 10.0. The van der Waals surface area contributed by atoms with Gasteiger partial charge in [-0.15, -0.1) is 0 Å². The van der Waals surface area contributed by atoms with Gasteiger partial charge < -0.3 is 5.32 Å². The first-order chi connectivity index (χ1) is 7.75. The highest BCUT2D eigenvalue weighted by Gasteiger charge is 2.07. The first kappa shape index (κ1) is 10.9. The van der Waals surface area contributed by atoms with Crippen molar-refractivity contribution in [1.82, 2.24) is 19.3 Å². The Morgan fingerprint density at radius 2 is 2.06 bits per heavy atom. The van der Waals surface area contributed by atoms with Gasteiger partial charge in [0.15, 0.2) is 0 Å². The average Bonchev–Trinajstić information content (AvgIpc) is 2.76. The van der Waals surface area contributed by atoms with Gasteiger partial charge in [0.25, 0.3) is 0 Å². The maximum absolute atomic E-state index is 4.37. The largest absolute Gasteiger partial charge is 0.353 e. The maximum Gasteiger partial charge on any atom is 0.202 e. The molecule has 2 heterocycles. The van der Waals surface area contributed by atoms with Gasteiger partial charge in [-0.3, -0.25) is 0 Å². The highest BCUT2D eigenvalue weighted by atomic mass is 32.1. The van der Waals surface area contributed by atoms with Crippen LogP contribution in [0.4, 0.5) is 5.13 Å². The molecule has 0 radical (unpaired) electrons. The molecule has 0 fully saturated rings. The van der Waals surface area contributed by atoms with E-state index in [1.54, 1.807) is 18.5 Å². The highest BCUT2D eigenvalue weighted by Crippen LogP contribution is 2.17. The Hall–Kier alpha value is -1.56. The van der Waals surface area contributed by atoms with Crippen LogP contribution in [0.1, 0.15) is 31.4 Å². The lowest BCUT2D eigenvalue weighted by molar-refractivity contribution is 0.798. The van der Waals surface area contributed by atoms with Crippen LogP contribution in [0, 0.1) is 0 Å². The summed E-state index contributed by atoms with van der Waals surface area (Å²) in [7, 11) is 0. The topological polar surface area (TPSA) is 63.6 Å². The van der Waals surface area contributed by atoms with Gasteiger partial charge >= 0.3 is 0 Å². The van der Waals surface area contributed by atoms with Gasteiger partial charge in [-0.05, 0) is 6.07 Å². The van der Waals surface area contributed by atoms with E-state index >= 15 is 0 Å². The van der Waals surface area contributed by atoms with E-state index in [2.05, 4.69) is 38.5 Å². The minimum absolute atomic E-state index is 0.361. The fourth-order valence-corrected chi connectivity index (χ4v) is 1.82. The second kappa shape index (κ2) is 4.98. The quantitative estimate of drug-likeness (QED) is 0.878. The molecular formula is C10H13N5S. The van der Waals surface area contributed by atoms with Crippen LogP contribution < -0.4 is 5.32 Å². The lowest BCUT2D eigenvalue weighted by Crippen LogP contribution is -2.03. The van der Waals surface area contributed by atoms with Gasteiger partial charge in [0.1, 0.15) is 11.6 Å². The van der Waals surface area contributed by atoms with Crippen molar-refractivity contribution in [2.45, 2.75) is 26.3 Å². The molecule has 0 aromatic carbocycles. The summed E-state index contributed by atoms with van der Waals surface area (Å²) < 4.78 is 4.26. The molecule has 0 aliphatic rings. The molecule has 0 saturated carbocycles. The number of nitrogens with one attached hydrogen (secondary N) is 1. The highest BCUT2D eigenvalue weighted by molar-refractivity contribution is 7.09. The van der Waals surface area contributed by atoms with E-state index in [1.807, 2.05) is 0 Å². The third kappa shape index (κ3) is 2.73. The monoisotopic (exact) mass is 235 g/mol. The van der Waals surface area contributed by atoms with Gasteiger partial charge in [0.2, 0.25) is 5.13 Å². The van der Waals surface area contributed by atoms with E-state index in [-0.39, 0.29) is 0 Å².